The van der Waals surface area contributed by atoms with Crippen molar-refractivity contribution in [1.29, 1.82) is 0 Å². The van der Waals surface area contributed by atoms with E-state index in [-0.39, 0.29) is 23.4 Å². The third-order valence-electron chi connectivity index (χ3n) is 4.86. The average Bonchev–Trinajstić information content (AvgIpc) is 2.45. The average molecular weight is 288 g/mol. The van der Waals surface area contributed by atoms with Crippen molar-refractivity contribution >= 4 is 5.91 Å². The van der Waals surface area contributed by atoms with E-state index in [0.717, 1.165) is 19.4 Å². The molecule has 0 aromatic heterocycles. The molecule has 1 heterocycles. The largest absolute Gasteiger partial charge is 0.338 e. The number of nitrogens with one attached hydrogen (secondary N) is 1. The molecule has 3 heteroatoms. The van der Waals surface area contributed by atoms with Crippen LogP contribution in [-0.2, 0) is 4.79 Å². The van der Waals surface area contributed by atoms with E-state index in [4.69, 9.17) is 0 Å². The number of nitrogens with zero attached hydrogens (tertiary/aromatic N) is 1. The SMILES string of the molecule is Cc1ccc(C(C)N(C)C(=O)C2NCCCC2(C)C)cc1. The number of carbonyl (C=O) groups excluding carboxylic acids is 1. The number of amides is 1. The third kappa shape index (κ3) is 3.46. The highest BCUT2D eigenvalue weighted by molar-refractivity contribution is 5.83. The summed E-state index contributed by atoms with van der Waals surface area (Å²) in [6, 6.07) is 8.45. The van der Waals surface area contributed by atoms with Gasteiger partial charge in [-0.25, -0.2) is 0 Å². The summed E-state index contributed by atoms with van der Waals surface area (Å²) < 4.78 is 0. The third-order valence-corrected chi connectivity index (χ3v) is 4.86. The minimum atomic E-state index is -0.0795. The molecule has 116 valence electrons. The van der Waals surface area contributed by atoms with Crippen LogP contribution in [0.2, 0.25) is 0 Å². The van der Waals surface area contributed by atoms with Crippen molar-refractivity contribution in [2.75, 3.05) is 13.6 Å². The van der Waals surface area contributed by atoms with Gasteiger partial charge in [0, 0.05) is 7.05 Å². The van der Waals surface area contributed by atoms with Crippen molar-refractivity contribution in [1.82, 2.24) is 10.2 Å². The molecular weight excluding hydrogens is 260 g/mol. The second-order valence-electron chi connectivity index (χ2n) is 7.02. The fourth-order valence-electron chi connectivity index (χ4n) is 3.10. The van der Waals surface area contributed by atoms with Gasteiger partial charge < -0.3 is 10.2 Å². The van der Waals surface area contributed by atoms with Crippen molar-refractivity contribution in [2.45, 2.75) is 52.6 Å². The molecular formula is C18H28N2O. The summed E-state index contributed by atoms with van der Waals surface area (Å²) >= 11 is 0. The van der Waals surface area contributed by atoms with Crippen molar-refractivity contribution in [3.8, 4) is 0 Å². The van der Waals surface area contributed by atoms with Gasteiger partial charge in [0.15, 0.2) is 0 Å². The molecule has 1 N–H and O–H groups in total. The van der Waals surface area contributed by atoms with Crippen LogP contribution in [0.1, 0.15) is 50.8 Å². The Morgan fingerprint density at radius 2 is 1.95 bits per heavy atom. The normalized spacial score (nSPS) is 22.6. The highest BCUT2D eigenvalue weighted by Gasteiger charge is 2.39. The van der Waals surface area contributed by atoms with Crippen molar-refractivity contribution in [3.63, 3.8) is 0 Å². The van der Waals surface area contributed by atoms with Crippen molar-refractivity contribution < 1.29 is 4.79 Å². The zero-order chi connectivity index (χ0) is 15.6. The Hall–Kier alpha value is -1.35. The number of carbonyl (C=O) groups is 1. The van der Waals surface area contributed by atoms with Crippen LogP contribution in [0.3, 0.4) is 0 Å². The van der Waals surface area contributed by atoms with Crippen molar-refractivity contribution in [2.24, 2.45) is 5.41 Å². The van der Waals surface area contributed by atoms with Gasteiger partial charge >= 0.3 is 0 Å². The van der Waals surface area contributed by atoms with E-state index >= 15 is 0 Å². The monoisotopic (exact) mass is 288 g/mol. The van der Waals surface area contributed by atoms with E-state index in [2.05, 4.69) is 57.3 Å². The van der Waals surface area contributed by atoms with Crippen LogP contribution >= 0.6 is 0 Å². The molecule has 1 saturated heterocycles. The molecule has 1 aromatic carbocycles. The molecule has 1 aromatic rings. The maximum Gasteiger partial charge on any atom is 0.240 e. The first-order valence-electron chi connectivity index (χ1n) is 7.89. The van der Waals surface area contributed by atoms with Gasteiger partial charge in [-0.15, -0.1) is 0 Å². The van der Waals surface area contributed by atoms with E-state index < -0.39 is 0 Å². The highest BCUT2D eigenvalue weighted by Crippen LogP contribution is 2.32. The lowest BCUT2D eigenvalue weighted by Gasteiger charge is -2.41. The Balaban J connectivity index is 2.12. The van der Waals surface area contributed by atoms with Crippen LogP contribution in [0.25, 0.3) is 0 Å². The topological polar surface area (TPSA) is 32.3 Å². The van der Waals surface area contributed by atoms with Gasteiger partial charge in [0.05, 0.1) is 12.1 Å². The van der Waals surface area contributed by atoms with Gasteiger partial charge in [-0.3, -0.25) is 4.79 Å². The molecule has 3 nitrogen and oxygen atoms in total. The molecule has 0 spiro atoms. The molecule has 2 rings (SSSR count). The second-order valence-corrected chi connectivity index (χ2v) is 7.02. The molecule has 1 fully saturated rings. The summed E-state index contributed by atoms with van der Waals surface area (Å²) in [4.78, 5) is 14.7. The predicted octanol–water partition coefficient (Wildman–Crippen LogP) is 3.29. The highest BCUT2D eigenvalue weighted by atomic mass is 16.2. The number of piperidine rings is 1. The molecule has 0 aliphatic carbocycles. The summed E-state index contributed by atoms with van der Waals surface area (Å²) in [6.07, 6.45) is 2.25. The van der Waals surface area contributed by atoms with E-state index in [1.807, 2.05) is 11.9 Å². The smallest absolute Gasteiger partial charge is 0.240 e. The van der Waals surface area contributed by atoms with Crippen LogP contribution in [0.4, 0.5) is 0 Å². The molecule has 2 unspecified atom stereocenters. The van der Waals surface area contributed by atoms with Gasteiger partial charge in [0.1, 0.15) is 0 Å². The second kappa shape index (κ2) is 6.18. The lowest BCUT2D eigenvalue weighted by atomic mass is 9.77. The molecule has 1 amide bonds. The molecule has 0 radical (unpaired) electrons. The standard InChI is InChI=1S/C18H28N2O/c1-13-7-9-15(10-8-13)14(2)20(5)17(21)16-18(3,4)11-6-12-19-16/h7-10,14,16,19H,6,11-12H2,1-5H3. The minimum Gasteiger partial charge on any atom is -0.338 e. The Morgan fingerprint density at radius 3 is 2.52 bits per heavy atom. The predicted molar refractivity (Wildman–Crippen MR) is 87.2 cm³/mol. The maximum absolute atomic E-state index is 12.9. The van der Waals surface area contributed by atoms with Gasteiger partial charge in [-0.05, 0) is 44.2 Å². The minimum absolute atomic E-state index is 0.0244. The Morgan fingerprint density at radius 1 is 1.33 bits per heavy atom. The quantitative estimate of drug-likeness (QED) is 0.925. The number of hydrogen-bond acceptors (Lipinski definition) is 2. The fraction of sp³-hybridized carbons (Fsp3) is 0.611. The van der Waals surface area contributed by atoms with Gasteiger partial charge in [0.2, 0.25) is 5.91 Å². The molecule has 0 bridgehead atoms. The Kier molecular flexibility index (Phi) is 4.72. The number of benzene rings is 1. The summed E-state index contributed by atoms with van der Waals surface area (Å²) in [6.45, 7) is 9.49. The summed E-state index contributed by atoms with van der Waals surface area (Å²) in [7, 11) is 1.92. The zero-order valence-electron chi connectivity index (χ0n) is 13.9. The number of hydrogen-bond donors (Lipinski definition) is 1. The van der Waals surface area contributed by atoms with Crippen LogP contribution in [0, 0.1) is 12.3 Å². The first-order valence-corrected chi connectivity index (χ1v) is 7.89. The number of aryl methyl sites for hydroxylation is 1. The lowest BCUT2D eigenvalue weighted by Crippen LogP contribution is -2.56. The van der Waals surface area contributed by atoms with E-state index in [1.54, 1.807) is 0 Å². The van der Waals surface area contributed by atoms with Gasteiger partial charge in [-0.2, -0.15) is 0 Å². The van der Waals surface area contributed by atoms with Crippen LogP contribution in [0.5, 0.6) is 0 Å². The summed E-state index contributed by atoms with van der Waals surface area (Å²) in [5.41, 5.74) is 2.46. The molecule has 2 atom stereocenters. The molecule has 1 aliphatic rings. The Bertz CT molecular complexity index is 492. The van der Waals surface area contributed by atoms with Gasteiger partial charge in [-0.1, -0.05) is 43.7 Å². The van der Waals surface area contributed by atoms with Crippen molar-refractivity contribution in [3.05, 3.63) is 35.4 Å². The van der Waals surface area contributed by atoms with E-state index in [1.165, 1.54) is 11.1 Å². The van der Waals surface area contributed by atoms with E-state index in [0.29, 0.717) is 0 Å². The maximum atomic E-state index is 12.9. The Labute approximate surface area is 128 Å². The first kappa shape index (κ1) is 16.0. The number of likely N-dealkylation sites (N-methyl/N-ethyl adjacent to an activating group) is 1. The first-order chi connectivity index (χ1) is 9.83. The van der Waals surface area contributed by atoms with Gasteiger partial charge in [0.25, 0.3) is 0 Å². The number of rotatable bonds is 3. The molecule has 21 heavy (non-hydrogen) atoms. The lowest BCUT2D eigenvalue weighted by molar-refractivity contribution is -0.138. The van der Waals surface area contributed by atoms with Crippen LogP contribution in [0.15, 0.2) is 24.3 Å². The van der Waals surface area contributed by atoms with E-state index in [9.17, 15) is 4.79 Å². The molecule has 1 aliphatic heterocycles. The summed E-state index contributed by atoms with van der Waals surface area (Å²) in [5.74, 6) is 0.202. The zero-order valence-corrected chi connectivity index (χ0v) is 13.9. The fourth-order valence-corrected chi connectivity index (χ4v) is 3.10. The van der Waals surface area contributed by atoms with Crippen LogP contribution < -0.4 is 5.32 Å². The summed E-state index contributed by atoms with van der Waals surface area (Å²) in [5, 5.41) is 3.41. The van der Waals surface area contributed by atoms with Crippen LogP contribution in [-0.4, -0.2) is 30.4 Å². The molecule has 0 saturated carbocycles.